The molecule has 1 aromatic heterocycles. The molecule has 0 radical (unpaired) electrons. The van der Waals surface area contributed by atoms with Gasteiger partial charge in [0.2, 0.25) is 11.8 Å². The summed E-state index contributed by atoms with van der Waals surface area (Å²) in [4.78, 5) is 29.2. The minimum Gasteiger partial charge on any atom is -0.298 e. The van der Waals surface area contributed by atoms with Crippen LogP contribution in [0.15, 0.2) is 6.33 Å². The van der Waals surface area contributed by atoms with Crippen LogP contribution >= 0.6 is 0 Å². The van der Waals surface area contributed by atoms with Crippen molar-refractivity contribution in [1.29, 1.82) is 0 Å². The van der Waals surface area contributed by atoms with Gasteiger partial charge in [0.05, 0.1) is 19.0 Å². The van der Waals surface area contributed by atoms with Crippen LogP contribution in [0.4, 0.5) is 0 Å². The van der Waals surface area contributed by atoms with Crippen LogP contribution in [-0.2, 0) is 23.2 Å². The highest BCUT2D eigenvalue weighted by atomic mass is 16.2. The van der Waals surface area contributed by atoms with Gasteiger partial charge in [0.25, 0.3) is 0 Å². The highest BCUT2D eigenvalue weighted by molar-refractivity contribution is 6.06. The van der Waals surface area contributed by atoms with Gasteiger partial charge in [-0.1, -0.05) is 0 Å². The first-order valence-electron chi connectivity index (χ1n) is 6.09. The molecule has 0 bridgehead atoms. The van der Waals surface area contributed by atoms with Crippen LogP contribution in [0.25, 0.3) is 0 Å². The number of carbonyl (C=O) groups is 2. The van der Waals surface area contributed by atoms with Gasteiger partial charge in [0, 0.05) is 13.1 Å². The van der Waals surface area contributed by atoms with Crippen molar-refractivity contribution in [2.75, 3.05) is 0 Å². The smallest absolute Gasteiger partial charge is 0.247 e. The Kier molecular flexibility index (Phi) is 2.62. The summed E-state index contributed by atoms with van der Waals surface area (Å²) >= 11 is 0. The van der Waals surface area contributed by atoms with Gasteiger partial charge in [-0.25, -0.2) is 4.98 Å². The van der Waals surface area contributed by atoms with Gasteiger partial charge < -0.3 is 0 Å². The van der Waals surface area contributed by atoms with Crippen molar-refractivity contribution in [3.63, 3.8) is 0 Å². The topological polar surface area (TPSA) is 80.1 Å². The molecule has 1 saturated heterocycles. The molecular formula is C11H15N5O2. The number of imide groups is 1. The number of aromatic nitrogens is 3. The van der Waals surface area contributed by atoms with E-state index in [0.717, 1.165) is 12.8 Å². The molecule has 1 saturated carbocycles. The molecule has 3 rings (SSSR count). The number of hydrogen-bond acceptors (Lipinski definition) is 5. The van der Waals surface area contributed by atoms with Gasteiger partial charge in [-0.3, -0.25) is 24.5 Å². The molecular weight excluding hydrogens is 234 g/mol. The van der Waals surface area contributed by atoms with Crippen LogP contribution < -0.4 is 5.32 Å². The summed E-state index contributed by atoms with van der Waals surface area (Å²) in [6.07, 6.45) is 3.76. The molecule has 1 aliphatic heterocycles. The van der Waals surface area contributed by atoms with Crippen molar-refractivity contribution in [3.05, 3.63) is 12.2 Å². The lowest BCUT2D eigenvalue weighted by molar-refractivity contribution is -0.139. The van der Waals surface area contributed by atoms with Crippen molar-refractivity contribution >= 4 is 11.8 Å². The molecule has 1 N–H and O–H groups in total. The predicted molar refractivity (Wildman–Crippen MR) is 61.1 cm³/mol. The Bertz CT molecular complexity index is 493. The summed E-state index contributed by atoms with van der Waals surface area (Å²) < 4.78 is 1.61. The highest BCUT2D eigenvalue weighted by Gasteiger charge is 2.45. The Balaban J connectivity index is 1.60. The van der Waals surface area contributed by atoms with Crippen LogP contribution in [0.3, 0.4) is 0 Å². The molecule has 0 aromatic carbocycles. The van der Waals surface area contributed by atoms with Gasteiger partial charge in [0.1, 0.15) is 6.33 Å². The number of rotatable bonds is 4. The SMILES string of the molecule is Cn1cnc(CNC2CC(=O)N(C3CC3)C2=O)n1. The maximum atomic E-state index is 12.0. The molecule has 1 unspecified atom stereocenters. The van der Waals surface area contributed by atoms with Crippen LogP contribution in [0.1, 0.15) is 25.1 Å². The fourth-order valence-electron chi connectivity index (χ4n) is 2.21. The Labute approximate surface area is 104 Å². The molecule has 7 nitrogen and oxygen atoms in total. The number of amides is 2. The van der Waals surface area contributed by atoms with Crippen LogP contribution in [0.5, 0.6) is 0 Å². The third-order valence-electron chi connectivity index (χ3n) is 3.25. The largest absolute Gasteiger partial charge is 0.298 e. The lowest BCUT2D eigenvalue weighted by Crippen LogP contribution is -2.39. The van der Waals surface area contributed by atoms with E-state index < -0.39 is 6.04 Å². The van der Waals surface area contributed by atoms with Crippen LogP contribution in [-0.4, -0.2) is 43.6 Å². The van der Waals surface area contributed by atoms with Gasteiger partial charge >= 0.3 is 0 Å². The third-order valence-corrected chi connectivity index (χ3v) is 3.25. The second-order valence-corrected chi connectivity index (χ2v) is 4.81. The van der Waals surface area contributed by atoms with Crippen LogP contribution in [0, 0.1) is 0 Å². The number of aryl methyl sites for hydroxylation is 1. The number of carbonyl (C=O) groups excluding carboxylic acids is 2. The number of nitrogens with zero attached hydrogens (tertiary/aromatic N) is 4. The number of likely N-dealkylation sites (tertiary alicyclic amines) is 1. The summed E-state index contributed by atoms with van der Waals surface area (Å²) in [6.45, 7) is 0.406. The van der Waals surface area contributed by atoms with E-state index in [0.29, 0.717) is 12.4 Å². The third kappa shape index (κ3) is 2.01. The Morgan fingerprint density at radius 1 is 1.44 bits per heavy atom. The fourth-order valence-corrected chi connectivity index (χ4v) is 2.21. The zero-order valence-corrected chi connectivity index (χ0v) is 10.2. The molecule has 1 atom stereocenters. The molecule has 96 valence electrons. The van der Waals surface area contributed by atoms with E-state index in [1.165, 1.54) is 4.90 Å². The second-order valence-electron chi connectivity index (χ2n) is 4.81. The van der Waals surface area contributed by atoms with Crippen LogP contribution in [0.2, 0.25) is 0 Å². The van der Waals surface area contributed by atoms with Gasteiger partial charge in [-0.2, -0.15) is 5.10 Å². The van der Waals surface area contributed by atoms with Crippen molar-refractivity contribution < 1.29 is 9.59 Å². The quantitative estimate of drug-likeness (QED) is 0.706. The van der Waals surface area contributed by atoms with E-state index in [2.05, 4.69) is 15.4 Å². The zero-order valence-electron chi connectivity index (χ0n) is 10.2. The van der Waals surface area contributed by atoms with Gasteiger partial charge in [-0.15, -0.1) is 0 Å². The molecule has 2 heterocycles. The number of nitrogens with one attached hydrogen (secondary N) is 1. The van der Waals surface area contributed by atoms with E-state index >= 15 is 0 Å². The Morgan fingerprint density at radius 2 is 2.22 bits per heavy atom. The summed E-state index contributed by atoms with van der Waals surface area (Å²) in [5.41, 5.74) is 0. The first-order valence-corrected chi connectivity index (χ1v) is 6.09. The highest BCUT2D eigenvalue weighted by Crippen LogP contribution is 2.31. The Hall–Kier alpha value is -1.76. The van der Waals surface area contributed by atoms with Crippen molar-refractivity contribution in [2.24, 2.45) is 7.05 Å². The maximum Gasteiger partial charge on any atom is 0.247 e. The first kappa shape index (κ1) is 11.3. The minimum absolute atomic E-state index is 0.0611. The monoisotopic (exact) mass is 249 g/mol. The molecule has 2 amide bonds. The van der Waals surface area contributed by atoms with Gasteiger partial charge in [0.15, 0.2) is 5.82 Å². The van der Waals surface area contributed by atoms with E-state index in [1.54, 1.807) is 18.1 Å². The fraction of sp³-hybridized carbons (Fsp3) is 0.636. The average Bonchev–Trinajstić information content (AvgIpc) is 3.00. The molecule has 2 fully saturated rings. The van der Waals surface area contributed by atoms with E-state index in [1.807, 2.05) is 0 Å². The standard InChI is InChI=1S/C11H15N5O2/c1-15-6-13-9(14-15)5-12-8-4-10(17)16(11(8)18)7-2-3-7/h6-8,12H,2-5H2,1H3. The molecule has 2 aliphatic rings. The summed E-state index contributed by atoms with van der Waals surface area (Å²) in [7, 11) is 1.79. The molecule has 1 aromatic rings. The average molecular weight is 249 g/mol. The lowest BCUT2D eigenvalue weighted by Gasteiger charge is -2.13. The second kappa shape index (κ2) is 4.16. The van der Waals surface area contributed by atoms with Crippen molar-refractivity contribution in [2.45, 2.75) is 37.9 Å². The Morgan fingerprint density at radius 3 is 2.83 bits per heavy atom. The molecule has 0 spiro atoms. The van der Waals surface area contributed by atoms with E-state index in [4.69, 9.17) is 0 Å². The molecule has 7 heteroatoms. The summed E-state index contributed by atoms with van der Waals surface area (Å²) in [5, 5.41) is 7.17. The minimum atomic E-state index is -0.415. The first-order chi connectivity index (χ1) is 8.65. The predicted octanol–water partition coefficient (Wildman–Crippen LogP) is -0.805. The van der Waals surface area contributed by atoms with E-state index in [9.17, 15) is 9.59 Å². The van der Waals surface area contributed by atoms with E-state index in [-0.39, 0.29) is 24.3 Å². The lowest BCUT2D eigenvalue weighted by atomic mass is 10.2. The normalized spacial score (nSPS) is 24.1. The maximum absolute atomic E-state index is 12.0. The molecule has 18 heavy (non-hydrogen) atoms. The number of hydrogen-bond donors (Lipinski definition) is 1. The summed E-state index contributed by atoms with van der Waals surface area (Å²) in [5.74, 6) is 0.468. The zero-order chi connectivity index (χ0) is 12.7. The molecule has 1 aliphatic carbocycles. The summed E-state index contributed by atoms with van der Waals surface area (Å²) in [6, 6.07) is -0.258. The van der Waals surface area contributed by atoms with Crippen molar-refractivity contribution in [3.8, 4) is 0 Å². The van der Waals surface area contributed by atoms with Crippen molar-refractivity contribution in [1.82, 2.24) is 25.0 Å². The van der Waals surface area contributed by atoms with Gasteiger partial charge in [-0.05, 0) is 12.8 Å².